The van der Waals surface area contributed by atoms with Crippen LogP contribution in [0, 0.1) is 28.1 Å². The molecule has 3 nitrogen and oxygen atoms in total. The van der Waals surface area contributed by atoms with Crippen molar-refractivity contribution >= 4 is 5.91 Å². The van der Waals surface area contributed by atoms with Gasteiger partial charge in [-0.15, -0.1) is 0 Å². The number of piperidine rings is 1. The molecule has 5 rings (SSSR count). The van der Waals surface area contributed by atoms with E-state index in [1.165, 1.54) is 45.2 Å². The summed E-state index contributed by atoms with van der Waals surface area (Å²) in [5.74, 6) is 2.00. The van der Waals surface area contributed by atoms with Crippen LogP contribution in [0.3, 0.4) is 0 Å². The smallest absolute Gasteiger partial charge is 0.226 e. The van der Waals surface area contributed by atoms with Crippen LogP contribution >= 0.6 is 0 Å². The molecule has 5 fully saturated rings. The Morgan fingerprint density at radius 3 is 2.46 bits per heavy atom. The van der Waals surface area contributed by atoms with Gasteiger partial charge in [0.2, 0.25) is 5.91 Å². The van der Waals surface area contributed by atoms with Gasteiger partial charge in [0.05, 0.1) is 5.41 Å². The van der Waals surface area contributed by atoms with Crippen LogP contribution in [0.4, 0.5) is 0 Å². The molecule has 0 radical (unpaired) electrons. The van der Waals surface area contributed by atoms with Gasteiger partial charge in [-0.05, 0) is 80.6 Å². The van der Waals surface area contributed by atoms with Gasteiger partial charge >= 0.3 is 0 Å². The van der Waals surface area contributed by atoms with Crippen molar-refractivity contribution in [2.75, 3.05) is 26.2 Å². The fraction of sp³-hybridized carbons (Fsp3) is 0.952. The van der Waals surface area contributed by atoms with Gasteiger partial charge in [-0.1, -0.05) is 20.8 Å². The van der Waals surface area contributed by atoms with Crippen LogP contribution in [-0.2, 0) is 4.79 Å². The maximum atomic E-state index is 13.2. The molecule has 24 heavy (non-hydrogen) atoms. The highest BCUT2D eigenvalue weighted by atomic mass is 16.2. The number of carbonyl (C=O) groups excluding carboxylic acids is 1. The van der Waals surface area contributed by atoms with E-state index in [0.29, 0.717) is 16.7 Å². The average molecular weight is 333 g/mol. The van der Waals surface area contributed by atoms with Gasteiger partial charge in [0.15, 0.2) is 0 Å². The fourth-order valence-corrected chi connectivity index (χ4v) is 7.71. The summed E-state index contributed by atoms with van der Waals surface area (Å²) >= 11 is 0. The van der Waals surface area contributed by atoms with Crippen LogP contribution in [0.25, 0.3) is 0 Å². The lowest BCUT2D eigenvalue weighted by molar-refractivity contribution is -0.170. The topological polar surface area (TPSA) is 32.3 Å². The van der Waals surface area contributed by atoms with Crippen molar-refractivity contribution in [2.45, 2.75) is 72.1 Å². The van der Waals surface area contributed by atoms with E-state index in [9.17, 15) is 4.79 Å². The third-order valence-electron chi connectivity index (χ3n) is 7.56. The molecular formula is C21H36N2O. The predicted molar refractivity (Wildman–Crippen MR) is 97.7 cm³/mol. The number of nitrogens with zero attached hydrogens (tertiary/aromatic N) is 1. The molecule has 3 heteroatoms. The Labute approximate surface area is 147 Å². The van der Waals surface area contributed by atoms with Crippen LogP contribution in [-0.4, -0.2) is 37.0 Å². The first-order chi connectivity index (χ1) is 11.3. The molecular weight excluding hydrogens is 296 g/mol. The molecule has 0 aromatic rings. The summed E-state index contributed by atoms with van der Waals surface area (Å²) < 4.78 is 0. The van der Waals surface area contributed by atoms with Crippen molar-refractivity contribution in [1.29, 1.82) is 0 Å². The van der Waals surface area contributed by atoms with Gasteiger partial charge in [-0.3, -0.25) is 4.79 Å². The lowest BCUT2D eigenvalue weighted by Crippen LogP contribution is -2.60. The molecule has 1 amide bonds. The van der Waals surface area contributed by atoms with Gasteiger partial charge in [0.25, 0.3) is 0 Å². The van der Waals surface area contributed by atoms with Gasteiger partial charge in [-0.2, -0.15) is 0 Å². The minimum absolute atomic E-state index is 0.0435. The Morgan fingerprint density at radius 1 is 1.12 bits per heavy atom. The third kappa shape index (κ3) is 3.02. The molecule has 4 bridgehead atoms. The Balaban J connectivity index is 1.36. The Bertz CT molecular complexity index is 498. The van der Waals surface area contributed by atoms with Gasteiger partial charge < -0.3 is 10.2 Å². The molecule has 1 N–H and O–H groups in total. The summed E-state index contributed by atoms with van der Waals surface area (Å²) in [6.45, 7) is 11.5. The van der Waals surface area contributed by atoms with E-state index in [0.717, 1.165) is 44.2 Å². The van der Waals surface area contributed by atoms with Crippen LogP contribution < -0.4 is 5.32 Å². The number of hydrogen-bond donors (Lipinski definition) is 1. The number of carbonyl (C=O) groups is 1. The molecule has 1 aliphatic heterocycles. The molecule has 0 aromatic heterocycles. The van der Waals surface area contributed by atoms with E-state index in [2.05, 4.69) is 31.0 Å². The highest BCUT2D eigenvalue weighted by molar-refractivity contribution is 5.83. The van der Waals surface area contributed by atoms with Gasteiger partial charge in [0.1, 0.15) is 0 Å². The van der Waals surface area contributed by atoms with Crippen molar-refractivity contribution in [3.05, 3.63) is 0 Å². The molecule has 0 spiro atoms. The van der Waals surface area contributed by atoms with E-state index in [4.69, 9.17) is 0 Å². The predicted octanol–water partition coefficient (Wildman–Crippen LogP) is 3.83. The molecule has 3 atom stereocenters. The molecule has 3 unspecified atom stereocenters. The normalized spacial score (nSPS) is 47.8. The average Bonchev–Trinajstić information content (AvgIpc) is 2.43. The quantitative estimate of drug-likeness (QED) is 0.848. The zero-order chi connectivity index (χ0) is 17.0. The van der Waals surface area contributed by atoms with E-state index >= 15 is 0 Å². The molecule has 1 heterocycles. The largest absolute Gasteiger partial charge is 0.354 e. The highest BCUT2D eigenvalue weighted by Gasteiger charge is 2.62. The van der Waals surface area contributed by atoms with Crippen molar-refractivity contribution in [2.24, 2.45) is 28.1 Å². The van der Waals surface area contributed by atoms with Crippen LogP contribution in [0.15, 0.2) is 0 Å². The van der Waals surface area contributed by atoms with Crippen LogP contribution in [0.1, 0.15) is 72.1 Å². The van der Waals surface area contributed by atoms with Crippen molar-refractivity contribution < 1.29 is 4.79 Å². The second kappa shape index (κ2) is 5.72. The summed E-state index contributed by atoms with van der Waals surface area (Å²) in [5, 5.41) is 3.36. The zero-order valence-electron chi connectivity index (χ0n) is 16.0. The molecule has 4 aliphatic carbocycles. The number of hydrogen-bond acceptors (Lipinski definition) is 2. The summed E-state index contributed by atoms with van der Waals surface area (Å²) in [6, 6.07) is 0. The highest BCUT2D eigenvalue weighted by Crippen LogP contribution is 2.69. The Kier molecular flexibility index (Phi) is 4.02. The Morgan fingerprint density at radius 2 is 1.83 bits per heavy atom. The summed E-state index contributed by atoms with van der Waals surface area (Å²) in [6.07, 6.45) is 10.2. The standard InChI is InChI=1S/C21H36N2O/c1-16-5-4-7-23(12-16)8-6-22-18(24)21-11-17-9-19(2,14-21)13-20(3,10-17)15-21/h16-17H,4-15H2,1-3H3,(H,22,24). The molecule has 5 aliphatic rings. The van der Waals surface area contributed by atoms with Gasteiger partial charge in [-0.25, -0.2) is 0 Å². The van der Waals surface area contributed by atoms with E-state index in [-0.39, 0.29) is 5.41 Å². The zero-order valence-corrected chi connectivity index (χ0v) is 16.0. The SMILES string of the molecule is CC1CCCN(CCNC(=O)C23CC4CC(C)(CC(C)(C4)C2)C3)C1. The van der Waals surface area contributed by atoms with Crippen molar-refractivity contribution in [3.63, 3.8) is 0 Å². The first kappa shape index (κ1) is 16.9. The molecule has 0 aromatic carbocycles. The summed E-state index contributed by atoms with van der Waals surface area (Å²) in [4.78, 5) is 15.7. The molecule has 136 valence electrons. The first-order valence-corrected chi connectivity index (χ1v) is 10.3. The lowest BCUT2D eigenvalue weighted by Gasteiger charge is -2.64. The summed E-state index contributed by atoms with van der Waals surface area (Å²) in [5.41, 5.74) is 0.805. The second-order valence-corrected chi connectivity index (χ2v) is 10.7. The van der Waals surface area contributed by atoms with Crippen LogP contribution in [0.2, 0.25) is 0 Å². The third-order valence-corrected chi connectivity index (χ3v) is 7.56. The summed E-state index contributed by atoms with van der Waals surface area (Å²) in [7, 11) is 0. The van der Waals surface area contributed by atoms with E-state index in [1.54, 1.807) is 0 Å². The fourth-order valence-electron chi connectivity index (χ4n) is 7.71. The maximum absolute atomic E-state index is 13.2. The first-order valence-electron chi connectivity index (χ1n) is 10.3. The number of rotatable bonds is 4. The lowest BCUT2D eigenvalue weighted by atomic mass is 9.40. The monoisotopic (exact) mass is 332 g/mol. The number of likely N-dealkylation sites (tertiary alicyclic amines) is 1. The van der Waals surface area contributed by atoms with E-state index < -0.39 is 0 Å². The van der Waals surface area contributed by atoms with Crippen LogP contribution in [0.5, 0.6) is 0 Å². The molecule has 4 saturated carbocycles. The minimum Gasteiger partial charge on any atom is -0.354 e. The molecule has 1 saturated heterocycles. The van der Waals surface area contributed by atoms with E-state index in [1.807, 2.05) is 0 Å². The van der Waals surface area contributed by atoms with Crippen molar-refractivity contribution in [1.82, 2.24) is 10.2 Å². The number of nitrogens with one attached hydrogen (secondary N) is 1. The Hall–Kier alpha value is -0.570. The van der Waals surface area contributed by atoms with Gasteiger partial charge in [0, 0.05) is 19.6 Å². The minimum atomic E-state index is -0.0435. The van der Waals surface area contributed by atoms with Crippen molar-refractivity contribution in [3.8, 4) is 0 Å². The maximum Gasteiger partial charge on any atom is 0.226 e. The second-order valence-electron chi connectivity index (χ2n) is 10.7. The number of amides is 1.